The minimum absolute atomic E-state index is 0.226. The molecule has 0 spiro atoms. The Balaban J connectivity index is 1.81. The summed E-state index contributed by atoms with van der Waals surface area (Å²) in [4.78, 5) is 23.6. The highest BCUT2D eigenvalue weighted by molar-refractivity contribution is 5.67. The summed E-state index contributed by atoms with van der Waals surface area (Å²) in [6.07, 6.45) is -3.83. The smallest absolute Gasteiger partial charge is 0.305 e. The second-order valence-electron chi connectivity index (χ2n) is 7.42. The molecule has 0 aromatic heterocycles. The zero-order valence-corrected chi connectivity index (χ0v) is 17.9. The Morgan fingerprint density at radius 3 is 1.71 bits per heavy atom. The number of esters is 2. The van der Waals surface area contributed by atoms with Gasteiger partial charge >= 0.3 is 11.9 Å². The largest absolute Gasteiger partial charge is 0.457 e. The summed E-state index contributed by atoms with van der Waals surface area (Å²) in [6.45, 7) is 4.94. The minimum Gasteiger partial charge on any atom is -0.457 e. The monoisotopic (exact) mass is 428 g/mol. The van der Waals surface area contributed by atoms with Gasteiger partial charge in [0.25, 0.3) is 0 Å². The van der Waals surface area contributed by atoms with E-state index in [2.05, 4.69) is 0 Å². The van der Waals surface area contributed by atoms with E-state index in [0.717, 1.165) is 11.1 Å². The molecule has 31 heavy (non-hydrogen) atoms. The molecule has 5 atom stereocenters. The third-order valence-electron chi connectivity index (χ3n) is 4.88. The Kier molecular flexibility index (Phi) is 8.17. The zero-order valence-electron chi connectivity index (χ0n) is 17.9. The molecule has 7 heteroatoms. The maximum absolute atomic E-state index is 11.9. The highest BCUT2D eigenvalue weighted by Gasteiger charge is 2.49. The van der Waals surface area contributed by atoms with Gasteiger partial charge in [-0.1, -0.05) is 60.7 Å². The van der Waals surface area contributed by atoms with E-state index in [1.165, 1.54) is 13.8 Å². The van der Waals surface area contributed by atoms with E-state index in [4.69, 9.17) is 23.7 Å². The van der Waals surface area contributed by atoms with E-state index in [1.807, 2.05) is 60.7 Å². The molecule has 1 aliphatic rings. The van der Waals surface area contributed by atoms with Crippen molar-refractivity contribution in [2.75, 3.05) is 0 Å². The normalized spacial score (nSPS) is 25.6. The lowest BCUT2D eigenvalue weighted by atomic mass is 9.98. The first-order chi connectivity index (χ1) is 14.9. The lowest BCUT2D eigenvalue weighted by Gasteiger charge is -2.43. The molecular weight excluding hydrogens is 400 g/mol. The molecule has 1 fully saturated rings. The van der Waals surface area contributed by atoms with Gasteiger partial charge in [0.15, 0.2) is 12.2 Å². The van der Waals surface area contributed by atoms with Crippen LogP contribution in [0, 0.1) is 0 Å². The number of hydrogen-bond donors (Lipinski definition) is 0. The molecule has 1 heterocycles. The van der Waals surface area contributed by atoms with Gasteiger partial charge in [-0.2, -0.15) is 0 Å². The maximum Gasteiger partial charge on any atom is 0.305 e. The predicted octanol–water partition coefficient (Wildman–Crippen LogP) is 3.40. The molecule has 1 aliphatic heterocycles. The SMILES string of the molecule is CC(=O)O[C@H]1O[C@H](C)[C@@H](OCc2ccccc2)[C@H](OC(C)=O)[C@@H]1OCc1ccccc1. The van der Waals surface area contributed by atoms with Gasteiger partial charge < -0.3 is 23.7 Å². The van der Waals surface area contributed by atoms with Crippen LogP contribution in [0.2, 0.25) is 0 Å². The third-order valence-corrected chi connectivity index (χ3v) is 4.88. The van der Waals surface area contributed by atoms with Crippen LogP contribution in [0.3, 0.4) is 0 Å². The molecule has 7 nitrogen and oxygen atoms in total. The van der Waals surface area contributed by atoms with Gasteiger partial charge in [-0.15, -0.1) is 0 Å². The molecule has 2 aromatic carbocycles. The molecule has 0 N–H and O–H groups in total. The fourth-order valence-electron chi connectivity index (χ4n) is 3.50. The van der Waals surface area contributed by atoms with Gasteiger partial charge in [0.2, 0.25) is 6.29 Å². The fourth-order valence-corrected chi connectivity index (χ4v) is 3.50. The quantitative estimate of drug-likeness (QED) is 0.596. The second kappa shape index (κ2) is 11.0. The van der Waals surface area contributed by atoms with Crippen molar-refractivity contribution in [1.29, 1.82) is 0 Å². The van der Waals surface area contributed by atoms with E-state index < -0.39 is 42.6 Å². The first-order valence-electron chi connectivity index (χ1n) is 10.2. The third kappa shape index (κ3) is 6.62. The van der Waals surface area contributed by atoms with Gasteiger partial charge in [-0.3, -0.25) is 9.59 Å². The molecule has 166 valence electrons. The van der Waals surface area contributed by atoms with Crippen molar-refractivity contribution in [1.82, 2.24) is 0 Å². The molecule has 0 radical (unpaired) electrons. The molecular formula is C24H28O7. The van der Waals surface area contributed by atoms with Crippen LogP contribution in [0.25, 0.3) is 0 Å². The average Bonchev–Trinajstić information content (AvgIpc) is 2.73. The van der Waals surface area contributed by atoms with Crippen molar-refractivity contribution in [3.8, 4) is 0 Å². The molecule has 2 aromatic rings. The summed E-state index contributed by atoms with van der Waals surface area (Å²) in [5.74, 6) is -1.00. The van der Waals surface area contributed by atoms with Crippen molar-refractivity contribution in [3.05, 3.63) is 71.8 Å². The van der Waals surface area contributed by atoms with Crippen LogP contribution in [-0.4, -0.2) is 42.6 Å². The van der Waals surface area contributed by atoms with Gasteiger partial charge in [0.05, 0.1) is 19.3 Å². The van der Waals surface area contributed by atoms with Gasteiger partial charge in [0.1, 0.15) is 6.10 Å². The van der Waals surface area contributed by atoms with Gasteiger partial charge in [0, 0.05) is 13.8 Å². The fraction of sp³-hybridized carbons (Fsp3) is 0.417. The first-order valence-corrected chi connectivity index (χ1v) is 10.2. The lowest BCUT2D eigenvalue weighted by molar-refractivity contribution is -0.305. The van der Waals surface area contributed by atoms with Crippen LogP contribution in [0.4, 0.5) is 0 Å². The summed E-state index contributed by atoms with van der Waals surface area (Å²) in [7, 11) is 0. The van der Waals surface area contributed by atoms with Crippen LogP contribution in [0.5, 0.6) is 0 Å². The van der Waals surface area contributed by atoms with E-state index in [9.17, 15) is 9.59 Å². The summed E-state index contributed by atoms with van der Waals surface area (Å²) in [5, 5.41) is 0. The molecule has 0 bridgehead atoms. The van der Waals surface area contributed by atoms with E-state index in [-0.39, 0.29) is 6.61 Å². The van der Waals surface area contributed by atoms with Crippen LogP contribution in [-0.2, 0) is 46.5 Å². The minimum atomic E-state index is -1.03. The van der Waals surface area contributed by atoms with Gasteiger partial charge in [-0.25, -0.2) is 0 Å². The number of carbonyl (C=O) groups is 2. The summed E-state index contributed by atoms with van der Waals surface area (Å²) >= 11 is 0. The lowest BCUT2D eigenvalue weighted by Crippen LogP contribution is -2.60. The number of benzene rings is 2. The summed E-state index contributed by atoms with van der Waals surface area (Å²) in [5.41, 5.74) is 1.89. The molecule has 0 aliphatic carbocycles. The van der Waals surface area contributed by atoms with Crippen molar-refractivity contribution in [2.45, 2.75) is 64.7 Å². The number of rotatable bonds is 8. The Hall–Kier alpha value is -2.74. The number of ether oxygens (including phenoxy) is 5. The van der Waals surface area contributed by atoms with E-state index >= 15 is 0 Å². The zero-order chi connectivity index (χ0) is 22.2. The topological polar surface area (TPSA) is 80.3 Å². The predicted molar refractivity (Wildman–Crippen MR) is 112 cm³/mol. The van der Waals surface area contributed by atoms with Crippen LogP contribution >= 0.6 is 0 Å². The molecule has 0 unspecified atom stereocenters. The summed E-state index contributed by atoms with van der Waals surface area (Å²) in [6, 6.07) is 19.2. The van der Waals surface area contributed by atoms with Crippen LogP contribution < -0.4 is 0 Å². The average molecular weight is 428 g/mol. The molecule has 0 saturated carbocycles. The first kappa shape index (κ1) is 22.9. The van der Waals surface area contributed by atoms with E-state index in [0.29, 0.717) is 6.61 Å². The van der Waals surface area contributed by atoms with Gasteiger partial charge in [-0.05, 0) is 18.1 Å². The van der Waals surface area contributed by atoms with Crippen LogP contribution in [0.1, 0.15) is 31.9 Å². The maximum atomic E-state index is 11.9. The van der Waals surface area contributed by atoms with E-state index in [1.54, 1.807) is 6.92 Å². The van der Waals surface area contributed by atoms with Crippen molar-refractivity contribution in [3.63, 3.8) is 0 Å². The molecule has 1 saturated heterocycles. The standard InChI is InChI=1S/C24H28O7/c1-16-21(27-14-19-10-6-4-7-11-19)22(30-17(2)25)23(24(29-16)31-18(3)26)28-15-20-12-8-5-9-13-20/h4-13,16,21-24H,14-15H2,1-3H3/t16-,21-,22+,23+,24-/m1/s1. The summed E-state index contributed by atoms with van der Waals surface area (Å²) < 4.78 is 29.1. The van der Waals surface area contributed by atoms with Crippen molar-refractivity contribution >= 4 is 11.9 Å². The molecule has 3 rings (SSSR count). The Labute approximate surface area is 182 Å². The van der Waals surface area contributed by atoms with Crippen molar-refractivity contribution < 1.29 is 33.3 Å². The molecule has 0 amide bonds. The van der Waals surface area contributed by atoms with Crippen molar-refractivity contribution in [2.24, 2.45) is 0 Å². The number of hydrogen-bond acceptors (Lipinski definition) is 7. The second-order valence-corrected chi connectivity index (χ2v) is 7.42. The highest BCUT2D eigenvalue weighted by atomic mass is 16.7. The highest BCUT2D eigenvalue weighted by Crippen LogP contribution is 2.30. The Morgan fingerprint density at radius 1 is 0.742 bits per heavy atom. The van der Waals surface area contributed by atoms with Crippen LogP contribution in [0.15, 0.2) is 60.7 Å². The number of carbonyl (C=O) groups excluding carboxylic acids is 2. The Bertz CT molecular complexity index is 840. The Morgan fingerprint density at radius 2 is 1.23 bits per heavy atom.